The Kier molecular flexibility index (Phi) is 6.45. The summed E-state index contributed by atoms with van der Waals surface area (Å²) in [4.78, 5) is 4.75. The van der Waals surface area contributed by atoms with Crippen LogP contribution in [0.25, 0.3) is 0 Å². The Hall–Kier alpha value is -1.14. The monoisotopic (exact) mass is 293 g/mol. The molecule has 1 aliphatic heterocycles. The molecule has 0 saturated carbocycles. The van der Waals surface area contributed by atoms with Crippen molar-refractivity contribution in [2.24, 2.45) is 5.73 Å². The molecule has 0 aliphatic carbocycles. The average molecular weight is 293 g/mol. The van der Waals surface area contributed by atoms with Crippen LogP contribution in [0, 0.1) is 0 Å². The van der Waals surface area contributed by atoms with Gasteiger partial charge in [0.25, 0.3) is 0 Å². The number of ether oxygens (including phenoxy) is 1. The van der Waals surface area contributed by atoms with E-state index >= 15 is 0 Å². The van der Waals surface area contributed by atoms with Crippen LogP contribution in [-0.4, -0.2) is 60.8 Å². The van der Waals surface area contributed by atoms with Gasteiger partial charge >= 0.3 is 0 Å². The van der Waals surface area contributed by atoms with E-state index in [2.05, 4.69) is 28.0 Å². The molecule has 0 bridgehead atoms. The zero-order valence-corrected chi connectivity index (χ0v) is 12.9. The molecule has 2 rings (SSSR count). The molecular weight excluding hydrogens is 266 g/mol. The second kappa shape index (κ2) is 8.34. The molecule has 21 heavy (non-hydrogen) atoms. The van der Waals surface area contributed by atoms with E-state index in [1.807, 2.05) is 6.92 Å². The zero-order chi connectivity index (χ0) is 15.1. The molecule has 0 spiro atoms. The molecule has 0 unspecified atom stereocenters. The van der Waals surface area contributed by atoms with Crippen LogP contribution in [0.1, 0.15) is 18.1 Å². The molecule has 1 saturated heterocycles. The van der Waals surface area contributed by atoms with Gasteiger partial charge in [-0.2, -0.15) is 0 Å². The quantitative estimate of drug-likeness (QED) is 0.773. The standard InChI is InChI=1S/C16H27N3O2/c1-2-21-16-11-14(3-4-15(16)12-17)13-19-7-5-18(6-8-19)9-10-20/h3-4,11,20H,2,5-10,12-13,17H2,1H3. The van der Waals surface area contributed by atoms with E-state index in [1.165, 1.54) is 5.56 Å². The van der Waals surface area contributed by atoms with Crippen LogP contribution >= 0.6 is 0 Å². The summed E-state index contributed by atoms with van der Waals surface area (Å²) in [6.45, 7) is 9.29. The van der Waals surface area contributed by atoms with Crippen LogP contribution in [-0.2, 0) is 13.1 Å². The van der Waals surface area contributed by atoms with Gasteiger partial charge in [-0.05, 0) is 18.6 Å². The summed E-state index contributed by atoms with van der Waals surface area (Å²) in [6.07, 6.45) is 0. The van der Waals surface area contributed by atoms with E-state index in [4.69, 9.17) is 15.6 Å². The Bertz CT molecular complexity index is 432. The van der Waals surface area contributed by atoms with Gasteiger partial charge in [0, 0.05) is 51.4 Å². The minimum atomic E-state index is 0.248. The van der Waals surface area contributed by atoms with Crippen molar-refractivity contribution in [3.63, 3.8) is 0 Å². The fraction of sp³-hybridized carbons (Fsp3) is 0.625. The normalized spacial score (nSPS) is 17.1. The number of piperazine rings is 1. The van der Waals surface area contributed by atoms with Crippen molar-refractivity contribution in [3.8, 4) is 5.75 Å². The fourth-order valence-corrected chi connectivity index (χ4v) is 2.73. The maximum atomic E-state index is 8.97. The molecule has 1 aliphatic rings. The maximum absolute atomic E-state index is 8.97. The Labute approximate surface area is 127 Å². The topological polar surface area (TPSA) is 62.0 Å². The molecule has 0 radical (unpaired) electrons. The number of aliphatic hydroxyl groups excluding tert-OH is 1. The second-order valence-electron chi connectivity index (χ2n) is 5.42. The van der Waals surface area contributed by atoms with Crippen LogP contribution in [0.2, 0.25) is 0 Å². The molecule has 1 aromatic rings. The van der Waals surface area contributed by atoms with Crippen LogP contribution in [0.4, 0.5) is 0 Å². The molecule has 1 aromatic carbocycles. The van der Waals surface area contributed by atoms with E-state index < -0.39 is 0 Å². The highest BCUT2D eigenvalue weighted by atomic mass is 16.5. The number of rotatable bonds is 7. The number of β-amino-alcohol motifs (C(OH)–C–C–N with tert-alkyl or cyclic N) is 1. The third kappa shape index (κ3) is 4.68. The molecular formula is C16H27N3O2. The molecule has 0 amide bonds. The first-order valence-corrected chi connectivity index (χ1v) is 7.77. The Morgan fingerprint density at radius 3 is 2.52 bits per heavy atom. The van der Waals surface area contributed by atoms with Crippen molar-refractivity contribution in [1.82, 2.24) is 9.80 Å². The molecule has 118 valence electrons. The Morgan fingerprint density at radius 2 is 1.90 bits per heavy atom. The highest BCUT2D eigenvalue weighted by molar-refractivity contribution is 5.37. The van der Waals surface area contributed by atoms with Gasteiger partial charge in [-0.3, -0.25) is 9.80 Å². The highest BCUT2D eigenvalue weighted by Gasteiger charge is 2.16. The number of hydrogen-bond donors (Lipinski definition) is 2. The van der Waals surface area contributed by atoms with Crippen LogP contribution < -0.4 is 10.5 Å². The molecule has 3 N–H and O–H groups in total. The van der Waals surface area contributed by atoms with Gasteiger partial charge in [0.15, 0.2) is 0 Å². The Morgan fingerprint density at radius 1 is 1.19 bits per heavy atom. The smallest absolute Gasteiger partial charge is 0.124 e. The van der Waals surface area contributed by atoms with E-state index in [1.54, 1.807) is 0 Å². The third-order valence-electron chi connectivity index (χ3n) is 3.94. The van der Waals surface area contributed by atoms with Gasteiger partial charge in [0.05, 0.1) is 13.2 Å². The minimum Gasteiger partial charge on any atom is -0.494 e. The van der Waals surface area contributed by atoms with Crippen molar-refractivity contribution < 1.29 is 9.84 Å². The average Bonchev–Trinajstić information content (AvgIpc) is 2.50. The van der Waals surface area contributed by atoms with E-state index in [-0.39, 0.29) is 6.61 Å². The molecule has 5 heteroatoms. The highest BCUT2D eigenvalue weighted by Crippen LogP contribution is 2.21. The SMILES string of the molecule is CCOc1cc(CN2CCN(CCO)CC2)ccc1CN. The lowest BCUT2D eigenvalue weighted by Crippen LogP contribution is -2.46. The summed E-state index contributed by atoms with van der Waals surface area (Å²) in [5.74, 6) is 0.913. The number of nitrogens with two attached hydrogens (primary N) is 1. The van der Waals surface area contributed by atoms with Crippen molar-refractivity contribution in [2.75, 3.05) is 45.9 Å². The lowest BCUT2D eigenvalue weighted by Gasteiger charge is -2.34. The zero-order valence-electron chi connectivity index (χ0n) is 12.9. The predicted molar refractivity (Wildman–Crippen MR) is 84.3 cm³/mol. The van der Waals surface area contributed by atoms with Crippen molar-refractivity contribution in [3.05, 3.63) is 29.3 Å². The van der Waals surface area contributed by atoms with Gasteiger partial charge in [0.1, 0.15) is 5.75 Å². The maximum Gasteiger partial charge on any atom is 0.124 e. The molecule has 1 heterocycles. The minimum absolute atomic E-state index is 0.248. The number of aliphatic hydroxyl groups is 1. The van der Waals surface area contributed by atoms with Gasteiger partial charge in [-0.1, -0.05) is 12.1 Å². The van der Waals surface area contributed by atoms with Crippen LogP contribution in [0.15, 0.2) is 18.2 Å². The van der Waals surface area contributed by atoms with E-state index in [0.29, 0.717) is 13.2 Å². The predicted octanol–water partition coefficient (Wildman–Crippen LogP) is 0.654. The molecule has 0 atom stereocenters. The summed E-state index contributed by atoms with van der Waals surface area (Å²) in [5.41, 5.74) is 8.08. The summed E-state index contributed by atoms with van der Waals surface area (Å²) >= 11 is 0. The number of nitrogens with zero attached hydrogens (tertiary/aromatic N) is 2. The lowest BCUT2D eigenvalue weighted by atomic mass is 10.1. The largest absolute Gasteiger partial charge is 0.494 e. The first-order valence-electron chi connectivity index (χ1n) is 7.77. The third-order valence-corrected chi connectivity index (χ3v) is 3.94. The van der Waals surface area contributed by atoms with Crippen LogP contribution in [0.3, 0.4) is 0 Å². The molecule has 5 nitrogen and oxygen atoms in total. The van der Waals surface area contributed by atoms with Crippen LogP contribution in [0.5, 0.6) is 5.75 Å². The van der Waals surface area contributed by atoms with E-state index in [0.717, 1.165) is 50.6 Å². The lowest BCUT2D eigenvalue weighted by molar-refractivity contribution is 0.108. The van der Waals surface area contributed by atoms with Crippen molar-refractivity contribution in [1.29, 1.82) is 0 Å². The second-order valence-corrected chi connectivity index (χ2v) is 5.42. The first kappa shape index (κ1) is 16.2. The number of hydrogen-bond acceptors (Lipinski definition) is 5. The van der Waals surface area contributed by atoms with Crippen molar-refractivity contribution >= 4 is 0 Å². The first-order chi connectivity index (χ1) is 10.3. The summed E-state index contributed by atoms with van der Waals surface area (Å²) in [7, 11) is 0. The van der Waals surface area contributed by atoms with Gasteiger partial charge < -0.3 is 15.6 Å². The van der Waals surface area contributed by atoms with Gasteiger partial charge in [-0.25, -0.2) is 0 Å². The molecule has 0 aromatic heterocycles. The Balaban J connectivity index is 1.92. The molecule has 1 fully saturated rings. The van der Waals surface area contributed by atoms with Gasteiger partial charge in [0.2, 0.25) is 0 Å². The summed E-state index contributed by atoms with van der Waals surface area (Å²) in [5, 5.41) is 8.97. The van der Waals surface area contributed by atoms with Crippen molar-refractivity contribution in [2.45, 2.75) is 20.0 Å². The van der Waals surface area contributed by atoms with E-state index in [9.17, 15) is 0 Å². The summed E-state index contributed by atoms with van der Waals surface area (Å²) in [6, 6.07) is 6.33. The van der Waals surface area contributed by atoms with Gasteiger partial charge in [-0.15, -0.1) is 0 Å². The fourth-order valence-electron chi connectivity index (χ4n) is 2.73. The number of benzene rings is 1. The summed E-state index contributed by atoms with van der Waals surface area (Å²) < 4.78 is 5.67.